The third-order valence-electron chi connectivity index (χ3n) is 6.29. The first-order valence-corrected chi connectivity index (χ1v) is 12.8. The van der Waals surface area contributed by atoms with Crippen LogP contribution in [0.25, 0.3) is 11.1 Å². The summed E-state index contributed by atoms with van der Waals surface area (Å²) in [7, 11) is 1.41. The Morgan fingerprint density at radius 1 is 1.15 bits per heavy atom. The maximum Gasteiger partial charge on any atom is 0.393 e. The molecule has 0 aliphatic carbocycles. The molecule has 0 radical (unpaired) electrons. The Kier molecular flexibility index (Phi) is 9.72. The van der Waals surface area contributed by atoms with Crippen LogP contribution < -0.4 is 20.5 Å². The third kappa shape index (κ3) is 7.27. The van der Waals surface area contributed by atoms with E-state index < -0.39 is 24.6 Å². The molecule has 1 atom stereocenters. The molecule has 3 rings (SSSR count). The zero-order chi connectivity index (χ0) is 29.6. The van der Waals surface area contributed by atoms with Crippen molar-refractivity contribution in [2.24, 2.45) is 0 Å². The largest absolute Gasteiger partial charge is 0.480 e. The first kappa shape index (κ1) is 30.4. The molecule has 0 aliphatic rings. The summed E-state index contributed by atoms with van der Waals surface area (Å²) in [6, 6.07) is 5.18. The summed E-state index contributed by atoms with van der Waals surface area (Å²) in [5.74, 6) is -1.10. The zero-order valence-corrected chi connectivity index (χ0v) is 23.0. The molecule has 40 heavy (non-hydrogen) atoms. The number of aliphatic carboxylic acids is 1. The van der Waals surface area contributed by atoms with Gasteiger partial charge in [0.05, 0.1) is 13.5 Å². The maximum absolute atomic E-state index is 13.2. The lowest BCUT2D eigenvalue weighted by atomic mass is 10.0. The van der Waals surface area contributed by atoms with E-state index in [1.807, 2.05) is 27.7 Å². The summed E-state index contributed by atoms with van der Waals surface area (Å²) in [6.45, 7) is 8.45. The van der Waals surface area contributed by atoms with Gasteiger partial charge in [0.1, 0.15) is 23.8 Å². The van der Waals surface area contributed by atoms with E-state index in [0.717, 1.165) is 6.20 Å². The lowest BCUT2D eigenvalue weighted by molar-refractivity contribution is -0.137. The van der Waals surface area contributed by atoms with E-state index in [4.69, 9.17) is 4.74 Å². The van der Waals surface area contributed by atoms with Crippen molar-refractivity contribution < 1.29 is 27.8 Å². The van der Waals surface area contributed by atoms with Crippen LogP contribution in [-0.2, 0) is 17.6 Å². The summed E-state index contributed by atoms with van der Waals surface area (Å²) in [4.78, 5) is 39.5. The van der Waals surface area contributed by atoms with Crippen molar-refractivity contribution in [3.63, 3.8) is 0 Å². The van der Waals surface area contributed by atoms with Gasteiger partial charge in [0.2, 0.25) is 11.8 Å². The van der Waals surface area contributed by atoms with E-state index in [9.17, 15) is 27.9 Å². The number of carboxylic acids is 1. The lowest BCUT2D eigenvalue weighted by Crippen LogP contribution is -2.33. The van der Waals surface area contributed by atoms with E-state index in [2.05, 4.69) is 20.3 Å². The number of aromatic nitrogens is 4. The van der Waals surface area contributed by atoms with E-state index in [0.29, 0.717) is 24.2 Å². The smallest absolute Gasteiger partial charge is 0.393 e. The van der Waals surface area contributed by atoms with Crippen LogP contribution in [0, 0.1) is 0 Å². The summed E-state index contributed by atoms with van der Waals surface area (Å²) in [5.41, 5.74) is 0.825. The fourth-order valence-corrected chi connectivity index (χ4v) is 4.16. The Morgan fingerprint density at radius 3 is 2.33 bits per heavy atom. The number of benzene rings is 1. The van der Waals surface area contributed by atoms with Crippen LogP contribution in [0.4, 0.5) is 24.9 Å². The molecule has 2 aromatic heterocycles. The molecule has 0 spiro atoms. The number of hydrogen-bond acceptors (Lipinski definition) is 8. The molecule has 2 heterocycles. The van der Waals surface area contributed by atoms with E-state index in [-0.39, 0.29) is 46.8 Å². The Labute approximate surface area is 229 Å². The molecule has 0 fully saturated rings. The van der Waals surface area contributed by atoms with Gasteiger partial charge in [-0.3, -0.25) is 9.36 Å². The van der Waals surface area contributed by atoms with Crippen LogP contribution in [0.15, 0.2) is 41.6 Å². The molecule has 1 aromatic carbocycles. The van der Waals surface area contributed by atoms with Gasteiger partial charge in [-0.05, 0) is 38.8 Å². The number of carboxylic acid groups (broad SMARTS) is 1. The molecule has 2 N–H and O–H groups in total. The predicted octanol–water partition coefficient (Wildman–Crippen LogP) is 4.35. The number of nitrogens with zero attached hydrogens (tertiary/aromatic N) is 5. The molecule has 10 nitrogen and oxygen atoms in total. The first-order chi connectivity index (χ1) is 18.9. The standard InChI is InChI=1S/C27H33F3N6O4/c1-6-35(7-2)26-31-14-19(13-27(28,29)30)22(34-26)33-20(25(38)39)12-17-8-10-18(11-9-17)21-23(40-5)32-15-36(16(3)4)24(21)37/h8-11,14-16,20H,6-7,12-13H2,1-5H3,(H,38,39)(H,31,33,34)/t20-/m0/s1. The van der Waals surface area contributed by atoms with Crippen molar-refractivity contribution in [2.75, 3.05) is 30.4 Å². The van der Waals surface area contributed by atoms with Crippen molar-refractivity contribution >= 4 is 17.7 Å². The highest BCUT2D eigenvalue weighted by Crippen LogP contribution is 2.28. The fourth-order valence-electron chi connectivity index (χ4n) is 4.16. The molecule has 0 aliphatic heterocycles. The average Bonchev–Trinajstić information content (AvgIpc) is 2.89. The third-order valence-corrected chi connectivity index (χ3v) is 6.29. The minimum atomic E-state index is -4.54. The highest BCUT2D eigenvalue weighted by atomic mass is 19.4. The summed E-state index contributed by atoms with van der Waals surface area (Å²) >= 11 is 0. The van der Waals surface area contributed by atoms with Gasteiger partial charge in [0.15, 0.2) is 0 Å². The highest BCUT2D eigenvalue weighted by molar-refractivity contribution is 5.78. The maximum atomic E-state index is 13.2. The Hall–Kier alpha value is -4.16. The fraction of sp³-hybridized carbons (Fsp3) is 0.444. The van der Waals surface area contributed by atoms with Gasteiger partial charge < -0.3 is 20.1 Å². The van der Waals surface area contributed by atoms with E-state index >= 15 is 0 Å². The number of anilines is 2. The van der Waals surface area contributed by atoms with Gasteiger partial charge in [0, 0.05) is 37.3 Å². The molecule has 216 valence electrons. The van der Waals surface area contributed by atoms with Crippen LogP contribution in [0.1, 0.15) is 44.9 Å². The van der Waals surface area contributed by atoms with Crippen molar-refractivity contribution in [3.8, 4) is 17.0 Å². The van der Waals surface area contributed by atoms with Crippen LogP contribution in [0.5, 0.6) is 5.88 Å². The molecular weight excluding hydrogens is 529 g/mol. The van der Waals surface area contributed by atoms with Crippen LogP contribution in [-0.4, -0.2) is 63.0 Å². The summed E-state index contributed by atoms with van der Waals surface area (Å²) in [5, 5.41) is 12.6. The quantitative estimate of drug-likeness (QED) is 0.332. The number of ether oxygens (including phenoxy) is 1. The molecule has 13 heteroatoms. The van der Waals surface area contributed by atoms with Gasteiger partial charge in [-0.15, -0.1) is 0 Å². The number of halogens is 3. The molecule has 0 unspecified atom stereocenters. The Bertz CT molecular complexity index is 1370. The minimum absolute atomic E-state index is 0.0634. The number of nitrogens with one attached hydrogen (secondary N) is 1. The lowest BCUT2D eigenvalue weighted by Gasteiger charge is -2.22. The number of rotatable bonds is 12. The van der Waals surface area contributed by atoms with Gasteiger partial charge in [0.25, 0.3) is 5.56 Å². The van der Waals surface area contributed by atoms with Gasteiger partial charge in [-0.2, -0.15) is 18.2 Å². The van der Waals surface area contributed by atoms with Crippen molar-refractivity contribution in [1.82, 2.24) is 19.5 Å². The minimum Gasteiger partial charge on any atom is -0.480 e. The second-order valence-electron chi connectivity index (χ2n) is 9.38. The van der Waals surface area contributed by atoms with Crippen molar-refractivity contribution in [2.45, 2.75) is 58.8 Å². The second-order valence-corrected chi connectivity index (χ2v) is 9.38. The van der Waals surface area contributed by atoms with Crippen LogP contribution >= 0.6 is 0 Å². The molecule has 0 bridgehead atoms. The van der Waals surface area contributed by atoms with E-state index in [1.165, 1.54) is 18.0 Å². The topological polar surface area (TPSA) is 122 Å². The number of carbonyl (C=O) groups is 1. The number of hydrogen-bond donors (Lipinski definition) is 2. The molecule has 3 aromatic rings. The highest BCUT2D eigenvalue weighted by Gasteiger charge is 2.31. The zero-order valence-electron chi connectivity index (χ0n) is 23.0. The van der Waals surface area contributed by atoms with Gasteiger partial charge >= 0.3 is 12.1 Å². The normalized spacial score (nSPS) is 12.3. The van der Waals surface area contributed by atoms with Crippen molar-refractivity contribution in [1.29, 1.82) is 0 Å². The van der Waals surface area contributed by atoms with E-state index in [1.54, 1.807) is 29.2 Å². The Morgan fingerprint density at radius 2 is 1.80 bits per heavy atom. The Balaban J connectivity index is 1.93. The second kappa shape index (κ2) is 12.8. The summed E-state index contributed by atoms with van der Waals surface area (Å²) in [6.07, 6.45) is -3.41. The van der Waals surface area contributed by atoms with Gasteiger partial charge in [-0.1, -0.05) is 24.3 Å². The number of methoxy groups -OCH3 is 1. The first-order valence-electron chi connectivity index (χ1n) is 12.8. The molecule has 0 saturated heterocycles. The van der Waals surface area contributed by atoms with Crippen molar-refractivity contribution in [3.05, 3.63) is 58.3 Å². The van der Waals surface area contributed by atoms with Crippen LogP contribution in [0.2, 0.25) is 0 Å². The number of alkyl halides is 3. The monoisotopic (exact) mass is 562 g/mol. The van der Waals surface area contributed by atoms with Crippen LogP contribution in [0.3, 0.4) is 0 Å². The molecule has 0 amide bonds. The molecular formula is C27H33F3N6O4. The predicted molar refractivity (Wildman–Crippen MR) is 145 cm³/mol. The summed E-state index contributed by atoms with van der Waals surface area (Å²) < 4.78 is 46.5. The average molecular weight is 563 g/mol. The van der Waals surface area contributed by atoms with Gasteiger partial charge in [-0.25, -0.2) is 14.8 Å². The molecule has 0 saturated carbocycles. The SMILES string of the molecule is CCN(CC)c1ncc(CC(F)(F)F)c(N[C@@H](Cc2ccc(-c3c(OC)ncn(C(C)C)c3=O)cc2)C(=O)O)n1.